The zero-order valence-corrected chi connectivity index (χ0v) is 11.2. The van der Waals surface area contributed by atoms with Crippen molar-refractivity contribution in [2.45, 2.75) is 26.2 Å². The number of hydrogen-bond donors (Lipinski definition) is 1. The van der Waals surface area contributed by atoms with Crippen LogP contribution in [0.1, 0.15) is 23.3 Å². The van der Waals surface area contributed by atoms with Gasteiger partial charge in [-0.1, -0.05) is 0 Å². The minimum Gasteiger partial charge on any atom is -0.469 e. The van der Waals surface area contributed by atoms with Gasteiger partial charge in [0, 0.05) is 18.0 Å². The summed E-state index contributed by atoms with van der Waals surface area (Å²) in [5, 5.41) is 5.50. The Labute approximate surface area is 106 Å². The number of esters is 1. The quantitative estimate of drug-likeness (QED) is 0.623. The minimum absolute atomic E-state index is 0.0581. The predicted octanol–water partition coefficient (Wildman–Crippen LogP) is 2.14. The van der Waals surface area contributed by atoms with Gasteiger partial charge in [0.15, 0.2) is 0 Å². The highest BCUT2D eigenvalue weighted by molar-refractivity contribution is 7.10. The number of hydrogen-bond acceptors (Lipinski definition) is 4. The number of nitrogens with one attached hydrogen (secondary N) is 1. The monoisotopic (exact) mass is 253 g/mol. The van der Waals surface area contributed by atoms with Crippen LogP contribution in [0.4, 0.5) is 0 Å². The summed E-state index contributed by atoms with van der Waals surface area (Å²) in [6.07, 6.45) is 2.97. The molecule has 3 nitrogen and oxygen atoms in total. The van der Waals surface area contributed by atoms with E-state index in [0.29, 0.717) is 0 Å². The van der Waals surface area contributed by atoms with Crippen LogP contribution in [0.15, 0.2) is 11.4 Å². The van der Waals surface area contributed by atoms with E-state index in [1.807, 2.05) is 0 Å². The molecule has 0 saturated heterocycles. The Morgan fingerprint density at radius 2 is 2.35 bits per heavy atom. The highest BCUT2D eigenvalue weighted by Crippen LogP contribution is 2.45. The molecule has 94 valence electrons. The molecule has 2 rings (SSSR count). The molecule has 0 atom stereocenters. The van der Waals surface area contributed by atoms with E-state index in [-0.39, 0.29) is 11.4 Å². The van der Waals surface area contributed by atoms with Gasteiger partial charge in [0.25, 0.3) is 0 Å². The molecular formula is C13H19NO2S. The predicted molar refractivity (Wildman–Crippen MR) is 69.3 cm³/mol. The molecule has 1 aliphatic rings. The lowest BCUT2D eigenvalue weighted by atomic mass is 10.1. The maximum absolute atomic E-state index is 11.5. The highest BCUT2D eigenvalue weighted by atomic mass is 32.1. The van der Waals surface area contributed by atoms with E-state index in [0.717, 1.165) is 32.4 Å². The largest absolute Gasteiger partial charge is 0.469 e. The summed E-state index contributed by atoms with van der Waals surface area (Å²) < 4.78 is 4.82. The summed E-state index contributed by atoms with van der Waals surface area (Å²) in [7, 11) is 1.47. The fourth-order valence-electron chi connectivity index (χ4n) is 2.01. The van der Waals surface area contributed by atoms with Gasteiger partial charge in [0.2, 0.25) is 0 Å². The van der Waals surface area contributed by atoms with Crippen molar-refractivity contribution in [1.82, 2.24) is 5.32 Å². The Balaban J connectivity index is 1.70. The molecule has 1 fully saturated rings. The van der Waals surface area contributed by atoms with Gasteiger partial charge >= 0.3 is 5.97 Å². The Kier molecular flexibility index (Phi) is 3.84. The number of ether oxygens (including phenoxy) is 1. The lowest BCUT2D eigenvalue weighted by Gasteiger charge is -2.13. The molecule has 0 aromatic carbocycles. The first-order chi connectivity index (χ1) is 8.18. The summed E-state index contributed by atoms with van der Waals surface area (Å²) in [5.41, 5.74) is 1.16. The lowest BCUT2D eigenvalue weighted by Crippen LogP contribution is -2.32. The van der Waals surface area contributed by atoms with Gasteiger partial charge in [0.1, 0.15) is 0 Å². The molecular weight excluding hydrogens is 234 g/mol. The zero-order valence-electron chi connectivity index (χ0n) is 10.4. The van der Waals surface area contributed by atoms with Crippen molar-refractivity contribution < 1.29 is 9.53 Å². The van der Waals surface area contributed by atoms with Gasteiger partial charge < -0.3 is 10.1 Å². The van der Waals surface area contributed by atoms with Gasteiger partial charge in [-0.25, -0.2) is 0 Å². The van der Waals surface area contributed by atoms with E-state index in [4.69, 9.17) is 4.74 Å². The molecule has 4 heteroatoms. The van der Waals surface area contributed by atoms with Crippen molar-refractivity contribution in [2.24, 2.45) is 5.41 Å². The summed E-state index contributed by atoms with van der Waals surface area (Å²) >= 11 is 1.80. The van der Waals surface area contributed by atoms with Crippen LogP contribution in [0, 0.1) is 12.3 Å². The second-order valence-corrected chi connectivity index (χ2v) is 5.73. The first kappa shape index (κ1) is 12.6. The second kappa shape index (κ2) is 5.19. The molecule has 0 radical (unpaired) electrons. The van der Waals surface area contributed by atoms with E-state index in [1.165, 1.54) is 17.6 Å². The molecule has 17 heavy (non-hydrogen) atoms. The molecule has 0 spiro atoms. The fraction of sp³-hybridized carbons (Fsp3) is 0.615. The molecule has 1 N–H and O–H groups in total. The van der Waals surface area contributed by atoms with E-state index in [9.17, 15) is 4.79 Å². The third-order valence-corrected chi connectivity index (χ3v) is 4.52. The number of aryl methyl sites for hydroxylation is 1. The van der Waals surface area contributed by atoms with Crippen LogP contribution in [0.2, 0.25) is 0 Å². The van der Waals surface area contributed by atoms with Crippen molar-refractivity contribution in [1.29, 1.82) is 0 Å². The molecule has 1 aromatic rings. The maximum atomic E-state index is 11.5. The molecule has 1 heterocycles. The second-order valence-electron chi connectivity index (χ2n) is 4.73. The van der Waals surface area contributed by atoms with Gasteiger partial charge in [0.05, 0.1) is 12.5 Å². The number of rotatable bonds is 6. The van der Waals surface area contributed by atoms with Crippen LogP contribution in [0.3, 0.4) is 0 Å². The average molecular weight is 253 g/mol. The van der Waals surface area contributed by atoms with Crippen molar-refractivity contribution in [3.8, 4) is 0 Å². The normalized spacial score (nSPS) is 16.8. The third-order valence-electron chi connectivity index (χ3n) is 3.43. The Morgan fingerprint density at radius 3 is 2.88 bits per heavy atom. The standard InChI is InChI=1S/C13H19NO2S/c1-10-4-8-17-11(10)3-7-14-9-13(5-6-13)12(15)16-2/h4,8,14H,3,5-7,9H2,1-2H3. The van der Waals surface area contributed by atoms with Gasteiger partial charge in [-0.05, 0) is 43.2 Å². The van der Waals surface area contributed by atoms with Crippen LogP contribution in [0.25, 0.3) is 0 Å². The first-order valence-electron chi connectivity index (χ1n) is 6.00. The summed E-state index contributed by atoms with van der Waals surface area (Å²) in [4.78, 5) is 12.9. The number of carbonyl (C=O) groups is 1. The van der Waals surface area contributed by atoms with Gasteiger partial charge in [-0.2, -0.15) is 0 Å². The van der Waals surface area contributed by atoms with Gasteiger partial charge in [-0.15, -0.1) is 11.3 Å². The smallest absolute Gasteiger partial charge is 0.313 e. The molecule has 0 unspecified atom stereocenters. The van der Waals surface area contributed by atoms with Crippen LogP contribution in [0.5, 0.6) is 0 Å². The average Bonchev–Trinajstić information content (AvgIpc) is 3.02. The van der Waals surface area contributed by atoms with Crippen LogP contribution in [-0.2, 0) is 16.0 Å². The first-order valence-corrected chi connectivity index (χ1v) is 6.88. The fourth-order valence-corrected chi connectivity index (χ4v) is 2.92. The van der Waals surface area contributed by atoms with E-state index in [1.54, 1.807) is 11.3 Å². The molecule has 1 aromatic heterocycles. The van der Waals surface area contributed by atoms with Crippen LogP contribution in [-0.4, -0.2) is 26.2 Å². The van der Waals surface area contributed by atoms with Crippen LogP contribution >= 0.6 is 11.3 Å². The minimum atomic E-state index is -0.209. The van der Waals surface area contributed by atoms with Crippen molar-refractivity contribution in [2.75, 3.05) is 20.2 Å². The zero-order chi connectivity index (χ0) is 12.3. The summed E-state index contributed by atoms with van der Waals surface area (Å²) in [6.45, 7) is 3.83. The van der Waals surface area contributed by atoms with E-state index < -0.39 is 0 Å². The van der Waals surface area contributed by atoms with E-state index in [2.05, 4.69) is 23.7 Å². The van der Waals surface area contributed by atoms with Crippen molar-refractivity contribution in [3.05, 3.63) is 21.9 Å². The third kappa shape index (κ3) is 2.87. The molecule has 0 bridgehead atoms. The topological polar surface area (TPSA) is 38.3 Å². The molecule has 1 aliphatic carbocycles. The molecule has 0 amide bonds. The lowest BCUT2D eigenvalue weighted by molar-refractivity contribution is -0.146. The molecule has 1 saturated carbocycles. The van der Waals surface area contributed by atoms with Crippen molar-refractivity contribution >= 4 is 17.3 Å². The highest BCUT2D eigenvalue weighted by Gasteiger charge is 2.50. The Hall–Kier alpha value is -0.870. The Bertz CT molecular complexity index is 396. The van der Waals surface area contributed by atoms with E-state index >= 15 is 0 Å². The van der Waals surface area contributed by atoms with Crippen LogP contribution < -0.4 is 5.32 Å². The number of carbonyl (C=O) groups excluding carboxylic acids is 1. The maximum Gasteiger partial charge on any atom is 0.313 e. The summed E-state index contributed by atoms with van der Waals surface area (Å²) in [6, 6.07) is 2.15. The molecule has 0 aliphatic heterocycles. The summed E-state index contributed by atoms with van der Waals surface area (Å²) in [5.74, 6) is -0.0581. The van der Waals surface area contributed by atoms with Crippen molar-refractivity contribution in [3.63, 3.8) is 0 Å². The number of methoxy groups -OCH3 is 1. The SMILES string of the molecule is COC(=O)C1(CNCCc2sccc2C)CC1. The van der Waals surface area contributed by atoms with Gasteiger partial charge in [-0.3, -0.25) is 4.79 Å². The Morgan fingerprint density at radius 1 is 1.59 bits per heavy atom. The number of thiophene rings is 1.